The highest BCUT2D eigenvalue weighted by molar-refractivity contribution is 4.96. The molecule has 0 aromatic heterocycles. The molecule has 0 radical (unpaired) electrons. The van der Waals surface area contributed by atoms with Crippen LogP contribution in [-0.2, 0) is 18.9 Å². The lowest BCUT2D eigenvalue weighted by atomic mass is 10.1. The Morgan fingerprint density at radius 2 is 2.06 bits per heavy atom. The zero-order valence-electron chi connectivity index (χ0n) is 10.9. The first-order chi connectivity index (χ1) is 8.61. The van der Waals surface area contributed by atoms with Crippen LogP contribution in [0.4, 0.5) is 0 Å². The number of methoxy groups -OCH3 is 2. The molecule has 0 aromatic carbocycles. The molecule has 4 atom stereocenters. The van der Waals surface area contributed by atoms with E-state index in [9.17, 15) is 10.2 Å². The average Bonchev–Trinajstić information content (AvgIpc) is 2.61. The maximum atomic E-state index is 9.96. The lowest BCUT2D eigenvalue weighted by Gasteiger charge is -2.29. The van der Waals surface area contributed by atoms with Crippen molar-refractivity contribution in [3.05, 3.63) is 0 Å². The Bertz CT molecular complexity index is 242. The van der Waals surface area contributed by atoms with Crippen LogP contribution in [0.5, 0.6) is 0 Å². The number of aliphatic hydroxyl groups is 2. The molecule has 0 amide bonds. The van der Waals surface area contributed by atoms with Gasteiger partial charge in [-0.3, -0.25) is 0 Å². The van der Waals surface area contributed by atoms with E-state index in [1.165, 1.54) is 14.2 Å². The quantitative estimate of drug-likeness (QED) is 0.457. The van der Waals surface area contributed by atoms with Gasteiger partial charge in [0.05, 0.1) is 6.61 Å². The summed E-state index contributed by atoms with van der Waals surface area (Å²) in [5, 5.41) is 19.8. The van der Waals surface area contributed by atoms with Gasteiger partial charge >= 0.3 is 0 Å². The Balaban J connectivity index is 2.51. The Morgan fingerprint density at radius 3 is 2.61 bits per heavy atom. The number of rotatable bonds is 8. The van der Waals surface area contributed by atoms with E-state index >= 15 is 0 Å². The summed E-state index contributed by atoms with van der Waals surface area (Å²) in [6.45, 7) is 1.24. The second kappa shape index (κ2) is 7.34. The predicted molar refractivity (Wildman–Crippen MR) is 63.0 cm³/mol. The maximum Gasteiger partial charge on any atom is 0.221 e. The van der Waals surface area contributed by atoms with Crippen molar-refractivity contribution in [2.24, 2.45) is 5.73 Å². The molecule has 1 rings (SSSR count). The number of nitrogens with two attached hydrogens (primary N) is 1. The molecule has 4 N–H and O–H groups in total. The minimum absolute atomic E-state index is 0.0288. The Hall–Kier alpha value is -0.280. The SMILES string of the molecule is COCC1(OC)OC(COCCCN)C(O)C1O. The molecule has 0 spiro atoms. The molecule has 0 bridgehead atoms. The minimum atomic E-state index is -1.34. The Morgan fingerprint density at radius 1 is 1.33 bits per heavy atom. The molecule has 1 heterocycles. The molecule has 0 aromatic rings. The molecule has 0 aliphatic carbocycles. The van der Waals surface area contributed by atoms with Crippen molar-refractivity contribution in [2.75, 3.05) is 40.6 Å². The predicted octanol–water partition coefficient (Wildman–Crippen LogP) is -1.54. The van der Waals surface area contributed by atoms with E-state index in [0.29, 0.717) is 13.2 Å². The third-order valence-electron chi connectivity index (χ3n) is 2.97. The monoisotopic (exact) mass is 265 g/mol. The van der Waals surface area contributed by atoms with Crippen LogP contribution in [0.2, 0.25) is 0 Å². The summed E-state index contributed by atoms with van der Waals surface area (Å²) in [4.78, 5) is 0. The second-order valence-electron chi connectivity index (χ2n) is 4.26. The van der Waals surface area contributed by atoms with Crippen LogP contribution in [0.25, 0.3) is 0 Å². The van der Waals surface area contributed by atoms with Gasteiger partial charge in [0.25, 0.3) is 0 Å². The summed E-state index contributed by atoms with van der Waals surface area (Å²) < 4.78 is 21.0. The third-order valence-corrected chi connectivity index (χ3v) is 2.97. The van der Waals surface area contributed by atoms with E-state index in [-0.39, 0.29) is 13.2 Å². The molecule has 1 aliphatic rings. The molecule has 7 nitrogen and oxygen atoms in total. The van der Waals surface area contributed by atoms with Gasteiger partial charge in [-0.05, 0) is 13.0 Å². The summed E-state index contributed by atoms with van der Waals surface area (Å²) in [7, 11) is 2.86. The van der Waals surface area contributed by atoms with Crippen molar-refractivity contribution >= 4 is 0 Å². The van der Waals surface area contributed by atoms with Gasteiger partial charge in [0, 0.05) is 20.8 Å². The molecule has 7 heteroatoms. The first-order valence-corrected chi connectivity index (χ1v) is 5.97. The van der Waals surface area contributed by atoms with E-state index < -0.39 is 24.1 Å². The first-order valence-electron chi connectivity index (χ1n) is 5.97. The molecule has 1 saturated heterocycles. The summed E-state index contributed by atoms with van der Waals surface area (Å²) in [6.07, 6.45) is -2.16. The number of aliphatic hydroxyl groups excluding tert-OH is 2. The van der Waals surface area contributed by atoms with E-state index in [2.05, 4.69) is 0 Å². The summed E-state index contributed by atoms with van der Waals surface area (Å²) in [6, 6.07) is 0. The molecule has 1 aliphatic heterocycles. The summed E-state index contributed by atoms with van der Waals surface area (Å²) in [5.41, 5.74) is 5.34. The van der Waals surface area contributed by atoms with Crippen molar-refractivity contribution in [1.82, 2.24) is 0 Å². The van der Waals surface area contributed by atoms with Crippen LogP contribution in [0.15, 0.2) is 0 Å². The van der Waals surface area contributed by atoms with E-state index in [1.54, 1.807) is 0 Å². The van der Waals surface area contributed by atoms with Gasteiger partial charge in [0.2, 0.25) is 5.79 Å². The van der Waals surface area contributed by atoms with Gasteiger partial charge in [-0.15, -0.1) is 0 Å². The smallest absolute Gasteiger partial charge is 0.221 e. The zero-order valence-corrected chi connectivity index (χ0v) is 10.9. The van der Waals surface area contributed by atoms with Gasteiger partial charge in [0.1, 0.15) is 24.9 Å². The van der Waals surface area contributed by atoms with E-state index in [4.69, 9.17) is 24.7 Å². The first kappa shape index (κ1) is 15.8. The fourth-order valence-corrected chi connectivity index (χ4v) is 1.93. The summed E-state index contributed by atoms with van der Waals surface area (Å²) in [5.74, 6) is -1.34. The highest BCUT2D eigenvalue weighted by atomic mass is 16.7. The highest BCUT2D eigenvalue weighted by Gasteiger charge is 2.55. The van der Waals surface area contributed by atoms with Crippen LogP contribution in [0.3, 0.4) is 0 Å². The van der Waals surface area contributed by atoms with Crippen LogP contribution in [0, 0.1) is 0 Å². The van der Waals surface area contributed by atoms with Crippen molar-refractivity contribution in [2.45, 2.75) is 30.5 Å². The zero-order chi connectivity index (χ0) is 13.6. The fourth-order valence-electron chi connectivity index (χ4n) is 1.93. The van der Waals surface area contributed by atoms with Crippen molar-refractivity contribution in [3.8, 4) is 0 Å². The standard InChI is InChI=1S/C11H23NO6/c1-15-7-11(16-2)10(14)9(13)8(18-11)6-17-5-3-4-12/h8-10,13-14H,3-7,12H2,1-2H3. The number of hydrogen-bond acceptors (Lipinski definition) is 7. The molecular formula is C11H23NO6. The van der Waals surface area contributed by atoms with Crippen molar-refractivity contribution in [1.29, 1.82) is 0 Å². The molecule has 18 heavy (non-hydrogen) atoms. The molecular weight excluding hydrogens is 242 g/mol. The van der Waals surface area contributed by atoms with Crippen LogP contribution >= 0.6 is 0 Å². The number of hydrogen-bond donors (Lipinski definition) is 3. The van der Waals surface area contributed by atoms with Gasteiger partial charge < -0.3 is 34.9 Å². The van der Waals surface area contributed by atoms with E-state index in [1.807, 2.05) is 0 Å². The topological polar surface area (TPSA) is 103 Å². The summed E-state index contributed by atoms with van der Waals surface area (Å²) >= 11 is 0. The van der Waals surface area contributed by atoms with Gasteiger partial charge in [-0.1, -0.05) is 0 Å². The third kappa shape index (κ3) is 3.39. The van der Waals surface area contributed by atoms with Crippen LogP contribution in [-0.4, -0.2) is 74.9 Å². The van der Waals surface area contributed by atoms with E-state index in [0.717, 1.165) is 6.42 Å². The van der Waals surface area contributed by atoms with Gasteiger partial charge in [-0.2, -0.15) is 0 Å². The Labute approximate surface area is 107 Å². The highest BCUT2D eigenvalue weighted by Crippen LogP contribution is 2.32. The Kier molecular flexibility index (Phi) is 6.44. The number of ether oxygens (including phenoxy) is 4. The van der Waals surface area contributed by atoms with Gasteiger partial charge in [-0.25, -0.2) is 0 Å². The van der Waals surface area contributed by atoms with Crippen molar-refractivity contribution in [3.63, 3.8) is 0 Å². The second-order valence-corrected chi connectivity index (χ2v) is 4.26. The largest absolute Gasteiger partial charge is 0.387 e. The van der Waals surface area contributed by atoms with Gasteiger partial charge in [0.15, 0.2) is 0 Å². The molecule has 0 saturated carbocycles. The van der Waals surface area contributed by atoms with Crippen LogP contribution in [0.1, 0.15) is 6.42 Å². The normalized spacial score (nSPS) is 36.2. The maximum absolute atomic E-state index is 9.96. The molecule has 108 valence electrons. The average molecular weight is 265 g/mol. The lowest BCUT2D eigenvalue weighted by molar-refractivity contribution is -0.267. The van der Waals surface area contributed by atoms with Crippen molar-refractivity contribution < 1.29 is 29.2 Å². The van der Waals surface area contributed by atoms with Crippen LogP contribution < -0.4 is 5.73 Å². The fraction of sp³-hybridized carbons (Fsp3) is 1.00. The molecule has 1 fully saturated rings. The lowest BCUT2D eigenvalue weighted by Crippen LogP contribution is -2.48. The minimum Gasteiger partial charge on any atom is -0.387 e. The molecule has 4 unspecified atom stereocenters.